The van der Waals surface area contributed by atoms with Crippen molar-refractivity contribution in [3.63, 3.8) is 0 Å². The van der Waals surface area contributed by atoms with Gasteiger partial charge in [0.1, 0.15) is 0 Å². The second-order valence-corrected chi connectivity index (χ2v) is 15.4. The topological polar surface area (TPSA) is 6.48 Å². The van der Waals surface area contributed by atoms with Gasteiger partial charge in [-0.3, -0.25) is 0 Å². The van der Waals surface area contributed by atoms with Gasteiger partial charge >= 0.3 is 0 Å². The summed E-state index contributed by atoms with van der Waals surface area (Å²) in [6.45, 7) is 9.46. The Morgan fingerprint density at radius 3 is 1.75 bits per heavy atom. The number of hydrogen-bond donors (Lipinski definition) is 0. The molecule has 0 radical (unpaired) electrons. The summed E-state index contributed by atoms with van der Waals surface area (Å²) in [4.78, 5) is 4.93. The normalized spacial score (nSPS) is 15.2. The van der Waals surface area contributed by atoms with Gasteiger partial charge in [0.25, 0.3) is 0 Å². The number of benzene rings is 7. The molecule has 0 spiro atoms. The summed E-state index contributed by atoms with van der Waals surface area (Å²) in [5.41, 5.74) is 16.8. The fourth-order valence-corrected chi connectivity index (χ4v) is 9.13. The molecule has 0 saturated heterocycles. The molecule has 55 heavy (non-hydrogen) atoms. The molecule has 0 saturated carbocycles. The standard InChI is InChI=1S/C53H48N2/c1-5-37-33-43(54(39-21-11-7-12-22-39)40-23-13-8-14-24-40)31-32-44(37)47-35-49-48(34-38(47)6-2)52-46-30-20-19-29-45(46)51(36-50(52)53(49,3)4)55(41-25-15-9-16-26-41)42-27-17-10-18-28-42/h7-23,25-36,40H,5-6,24H2,1-4H3. The van der Waals surface area contributed by atoms with E-state index in [2.05, 4.69) is 213 Å². The van der Waals surface area contributed by atoms with Crippen LogP contribution in [0.4, 0.5) is 28.4 Å². The molecule has 0 aromatic heterocycles. The molecule has 9 rings (SSSR count). The highest BCUT2D eigenvalue weighted by Crippen LogP contribution is 2.56. The number of nitrogens with zero attached hydrogens (tertiary/aromatic N) is 2. The molecule has 7 aromatic rings. The van der Waals surface area contributed by atoms with Gasteiger partial charge in [-0.15, -0.1) is 0 Å². The van der Waals surface area contributed by atoms with Crippen LogP contribution in [-0.2, 0) is 18.3 Å². The molecule has 2 nitrogen and oxygen atoms in total. The summed E-state index contributed by atoms with van der Waals surface area (Å²) in [5, 5.41) is 2.56. The van der Waals surface area contributed by atoms with Crippen molar-refractivity contribution in [2.75, 3.05) is 9.80 Å². The highest BCUT2D eigenvalue weighted by atomic mass is 15.2. The van der Waals surface area contributed by atoms with Gasteiger partial charge < -0.3 is 9.80 Å². The highest BCUT2D eigenvalue weighted by molar-refractivity contribution is 6.10. The van der Waals surface area contributed by atoms with Crippen LogP contribution >= 0.6 is 0 Å². The maximum absolute atomic E-state index is 2.55. The lowest BCUT2D eigenvalue weighted by Gasteiger charge is -2.33. The van der Waals surface area contributed by atoms with Gasteiger partial charge in [0.2, 0.25) is 0 Å². The third-order valence-electron chi connectivity index (χ3n) is 11.9. The lowest BCUT2D eigenvalue weighted by Crippen LogP contribution is -2.29. The molecule has 2 aliphatic carbocycles. The first-order valence-electron chi connectivity index (χ1n) is 19.9. The SMILES string of the molecule is CCc1cc(N(c2ccccc2)C2C=CC=CC2)ccc1-c1cc2c(cc1CC)-c1c(cc(N(c3ccccc3)c3ccccc3)c3ccccc13)C2(C)C. The van der Waals surface area contributed by atoms with E-state index in [9.17, 15) is 0 Å². The van der Waals surface area contributed by atoms with E-state index in [1.165, 1.54) is 72.3 Å². The minimum absolute atomic E-state index is 0.208. The molecule has 0 bridgehead atoms. The van der Waals surface area contributed by atoms with Gasteiger partial charge in [0.15, 0.2) is 0 Å². The van der Waals surface area contributed by atoms with Crippen LogP contribution in [0.3, 0.4) is 0 Å². The van der Waals surface area contributed by atoms with E-state index in [0.717, 1.165) is 30.6 Å². The van der Waals surface area contributed by atoms with Gasteiger partial charge in [0, 0.05) is 33.6 Å². The predicted octanol–water partition coefficient (Wildman–Crippen LogP) is 14.4. The Kier molecular flexibility index (Phi) is 8.98. The van der Waals surface area contributed by atoms with Crippen LogP contribution in [0, 0.1) is 0 Å². The second kappa shape index (κ2) is 14.3. The molecule has 0 fully saturated rings. The second-order valence-electron chi connectivity index (χ2n) is 15.4. The molecule has 270 valence electrons. The Morgan fingerprint density at radius 1 is 0.527 bits per heavy atom. The molecule has 2 heteroatoms. The minimum atomic E-state index is -0.208. The Labute approximate surface area is 326 Å². The van der Waals surface area contributed by atoms with Crippen molar-refractivity contribution in [3.8, 4) is 22.3 Å². The van der Waals surface area contributed by atoms with Gasteiger partial charge in [-0.2, -0.15) is 0 Å². The Bertz CT molecular complexity index is 2520. The van der Waals surface area contributed by atoms with E-state index in [0.29, 0.717) is 0 Å². The number of para-hydroxylation sites is 3. The molecule has 0 amide bonds. The average molecular weight is 713 g/mol. The number of anilines is 5. The molecule has 1 atom stereocenters. The largest absolute Gasteiger partial charge is 0.334 e. The summed E-state index contributed by atoms with van der Waals surface area (Å²) in [6.07, 6.45) is 11.9. The van der Waals surface area contributed by atoms with Crippen molar-refractivity contribution in [2.45, 2.75) is 58.4 Å². The number of aryl methyl sites for hydroxylation is 2. The van der Waals surface area contributed by atoms with Crippen LogP contribution in [-0.4, -0.2) is 6.04 Å². The Morgan fingerprint density at radius 2 is 1.13 bits per heavy atom. The molecular formula is C53H48N2. The molecule has 0 N–H and O–H groups in total. The summed E-state index contributed by atoms with van der Waals surface area (Å²) in [7, 11) is 0. The van der Waals surface area contributed by atoms with Gasteiger partial charge in [-0.25, -0.2) is 0 Å². The first kappa shape index (κ1) is 34.6. The summed E-state index contributed by atoms with van der Waals surface area (Å²) < 4.78 is 0. The van der Waals surface area contributed by atoms with E-state index in [4.69, 9.17) is 0 Å². The number of fused-ring (bicyclic) bond motifs is 5. The van der Waals surface area contributed by atoms with Gasteiger partial charge in [-0.05, 0) is 130 Å². The van der Waals surface area contributed by atoms with E-state index >= 15 is 0 Å². The third-order valence-corrected chi connectivity index (χ3v) is 11.9. The third kappa shape index (κ3) is 5.97. The van der Waals surface area contributed by atoms with Crippen molar-refractivity contribution < 1.29 is 0 Å². The zero-order valence-corrected chi connectivity index (χ0v) is 32.3. The summed E-state index contributed by atoms with van der Waals surface area (Å²) in [5.74, 6) is 0. The van der Waals surface area contributed by atoms with Gasteiger partial charge in [0.05, 0.1) is 11.7 Å². The van der Waals surface area contributed by atoms with Crippen molar-refractivity contribution in [3.05, 3.63) is 198 Å². The number of allylic oxidation sites excluding steroid dienone is 2. The van der Waals surface area contributed by atoms with Crippen LogP contribution in [0.15, 0.2) is 176 Å². The molecule has 0 heterocycles. The number of hydrogen-bond acceptors (Lipinski definition) is 2. The summed E-state index contributed by atoms with van der Waals surface area (Å²) in [6, 6.07) is 56.5. The van der Waals surface area contributed by atoms with E-state index in [1.807, 2.05) is 0 Å². The fraction of sp³-hybridized carbons (Fsp3) is 0.170. The molecule has 1 unspecified atom stereocenters. The van der Waals surface area contributed by atoms with Crippen molar-refractivity contribution in [1.29, 1.82) is 0 Å². The zero-order valence-electron chi connectivity index (χ0n) is 32.3. The first-order valence-corrected chi connectivity index (χ1v) is 19.9. The summed E-state index contributed by atoms with van der Waals surface area (Å²) >= 11 is 0. The maximum atomic E-state index is 2.55. The first-order chi connectivity index (χ1) is 27.0. The molecule has 7 aromatic carbocycles. The molecule has 2 aliphatic rings. The van der Waals surface area contributed by atoms with Crippen LogP contribution in [0.2, 0.25) is 0 Å². The highest BCUT2D eigenvalue weighted by Gasteiger charge is 2.39. The molecule has 0 aliphatic heterocycles. The zero-order chi connectivity index (χ0) is 37.5. The predicted molar refractivity (Wildman–Crippen MR) is 236 cm³/mol. The Balaban J connectivity index is 1.20. The number of rotatable bonds is 9. The lowest BCUT2D eigenvalue weighted by molar-refractivity contribution is 0.661. The maximum Gasteiger partial charge on any atom is 0.0559 e. The van der Waals surface area contributed by atoms with Gasteiger partial charge in [-0.1, -0.05) is 143 Å². The minimum Gasteiger partial charge on any atom is -0.334 e. The fourth-order valence-electron chi connectivity index (χ4n) is 9.13. The van der Waals surface area contributed by atoms with E-state index in [-0.39, 0.29) is 11.5 Å². The van der Waals surface area contributed by atoms with Crippen molar-refractivity contribution in [2.24, 2.45) is 0 Å². The van der Waals surface area contributed by atoms with E-state index < -0.39 is 0 Å². The quantitative estimate of drug-likeness (QED) is 0.147. The average Bonchev–Trinajstić information content (AvgIpc) is 3.46. The van der Waals surface area contributed by atoms with Crippen LogP contribution in [0.5, 0.6) is 0 Å². The van der Waals surface area contributed by atoms with Crippen molar-refractivity contribution >= 4 is 39.2 Å². The Hall–Kier alpha value is -6.12. The van der Waals surface area contributed by atoms with E-state index in [1.54, 1.807) is 0 Å². The van der Waals surface area contributed by atoms with Crippen LogP contribution in [0.25, 0.3) is 33.0 Å². The smallest absolute Gasteiger partial charge is 0.0559 e. The monoisotopic (exact) mass is 712 g/mol. The van der Waals surface area contributed by atoms with Crippen molar-refractivity contribution in [1.82, 2.24) is 0 Å². The molecular weight excluding hydrogens is 665 g/mol. The van der Waals surface area contributed by atoms with Crippen LogP contribution < -0.4 is 9.80 Å². The van der Waals surface area contributed by atoms with Crippen LogP contribution in [0.1, 0.15) is 56.4 Å². The lowest BCUT2D eigenvalue weighted by atomic mass is 9.80.